The molecular formula is C20H23N3O3S. The molecule has 0 radical (unpaired) electrons. The van der Waals surface area contributed by atoms with E-state index in [1.165, 1.54) is 18.2 Å². The summed E-state index contributed by atoms with van der Waals surface area (Å²) in [5, 5.41) is 2.72. The average Bonchev–Trinajstić information content (AvgIpc) is 2.98. The lowest BCUT2D eigenvalue weighted by atomic mass is 10.2. The zero-order valence-electron chi connectivity index (χ0n) is 15.0. The van der Waals surface area contributed by atoms with Gasteiger partial charge in [0.05, 0.1) is 10.6 Å². The third-order valence-corrected chi connectivity index (χ3v) is 6.33. The van der Waals surface area contributed by atoms with Crippen molar-refractivity contribution in [2.45, 2.75) is 30.6 Å². The molecule has 1 saturated heterocycles. The molecule has 7 heteroatoms. The number of carbonyl (C=O) groups excluding carboxylic acids is 1. The van der Waals surface area contributed by atoms with E-state index in [1.54, 1.807) is 40.8 Å². The number of nitrogens with one attached hydrogen (secondary N) is 1. The first kappa shape index (κ1) is 19.3. The lowest BCUT2D eigenvalue weighted by Crippen LogP contribution is -2.31. The molecule has 1 aliphatic heterocycles. The van der Waals surface area contributed by atoms with Crippen LogP contribution in [0.25, 0.3) is 6.08 Å². The van der Waals surface area contributed by atoms with Crippen LogP contribution in [0.2, 0.25) is 0 Å². The fraction of sp³-hybridized carbons (Fsp3) is 0.300. The first-order valence-corrected chi connectivity index (χ1v) is 10.5. The van der Waals surface area contributed by atoms with Gasteiger partial charge in [-0.1, -0.05) is 18.9 Å². The predicted molar refractivity (Wildman–Crippen MR) is 106 cm³/mol. The van der Waals surface area contributed by atoms with E-state index in [4.69, 9.17) is 0 Å². The van der Waals surface area contributed by atoms with E-state index in [9.17, 15) is 13.2 Å². The van der Waals surface area contributed by atoms with Crippen LogP contribution in [-0.2, 0) is 14.8 Å². The largest absolute Gasteiger partial charge is 0.323 e. The van der Waals surface area contributed by atoms with Gasteiger partial charge in [0.1, 0.15) is 0 Å². The lowest BCUT2D eigenvalue weighted by Gasteiger charge is -2.20. The molecule has 1 aliphatic rings. The molecule has 2 heterocycles. The third-order valence-electron chi connectivity index (χ3n) is 4.42. The number of hydrogen-bond acceptors (Lipinski definition) is 4. The second kappa shape index (κ2) is 8.92. The number of nitrogens with zero attached hydrogens (tertiary/aromatic N) is 2. The third kappa shape index (κ3) is 5.24. The molecule has 6 nitrogen and oxygen atoms in total. The molecular weight excluding hydrogens is 362 g/mol. The highest BCUT2D eigenvalue weighted by Gasteiger charge is 2.24. The zero-order chi connectivity index (χ0) is 19.1. The number of hydrogen-bond donors (Lipinski definition) is 1. The van der Waals surface area contributed by atoms with Gasteiger partial charge in [0, 0.05) is 31.0 Å². The number of sulfonamides is 1. The molecule has 0 atom stereocenters. The molecule has 1 aromatic heterocycles. The number of anilines is 1. The molecule has 1 amide bonds. The molecule has 3 rings (SSSR count). The first-order valence-electron chi connectivity index (χ1n) is 9.06. The highest BCUT2D eigenvalue weighted by molar-refractivity contribution is 7.89. The minimum absolute atomic E-state index is 0.256. The van der Waals surface area contributed by atoms with Gasteiger partial charge in [-0.2, -0.15) is 4.31 Å². The lowest BCUT2D eigenvalue weighted by molar-refractivity contribution is -0.111. The SMILES string of the molecule is O=C(/C=C\c1ccccn1)Nc1ccc(S(=O)(=O)N2CCCCCC2)cc1. The molecule has 2 aromatic rings. The second-order valence-electron chi connectivity index (χ2n) is 6.42. The minimum atomic E-state index is -3.48. The maximum atomic E-state index is 12.8. The smallest absolute Gasteiger partial charge is 0.248 e. The Bertz CT molecular complexity index is 886. The molecule has 142 valence electrons. The van der Waals surface area contributed by atoms with Gasteiger partial charge < -0.3 is 5.32 Å². The van der Waals surface area contributed by atoms with E-state index < -0.39 is 10.0 Å². The standard InChI is InChI=1S/C20H23N3O3S/c24-20(13-10-17-7-3-4-14-21-17)22-18-8-11-19(12-9-18)27(25,26)23-15-5-1-2-6-16-23/h3-4,7-14H,1-2,5-6,15-16H2,(H,22,24)/b13-10-. The molecule has 1 N–H and O–H groups in total. The molecule has 1 fully saturated rings. The Morgan fingerprint density at radius 1 is 1.00 bits per heavy atom. The van der Waals surface area contributed by atoms with Gasteiger partial charge in [-0.25, -0.2) is 8.42 Å². The van der Waals surface area contributed by atoms with Crippen LogP contribution in [0.5, 0.6) is 0 Å². The van der Waals surface area contributed by atoms with Crippen LogP contribution in [0.3, 0.4) is 0 Å². The molecule has 27 heavy (non-hydrogen) atoms. The summed E-state index contributed by atoms with van der Waals surface area (Å²) in [4.78, 5) is 16.4. The van der Waals surface area contributed by atoms with Crippen molar-refractivity contribution in [2.75, 3.05) is 18.4 Å². The highest BCUT2D eigenvalue weighted by atomic mass is 32.2. The first-order chi connectivity index (χ1) is 13.1. The monoisotopic (exact) mass is 385 g/mol. The van der Waals surface area contributed by atoms with E-state index in [-0.39, 0.29) is 10.8 Å². The van der Waals surface area contributed by atoms with Gasteiger partial charge in [-0.15, -0.1) is 0 Å². The second-order valence-corrected chi connectivity index (χ2v) is 8.36. The van der Waals surface area contributed by atoms with E-state index in [1.807, 2.05) is 6.07 Å². The van der Waals surface area contributed by atoms with E-state index in [2.05, 4.69) is 10.3 Å². The van der Waals surface area contributed by atoms with Crippen molar-refractivity contribution in [3.8, 4) is 0 Å². The van der Waals surface area contributed by atoms with Crippen LogP contribution in [0.15, 0.2) is 59.6 Å². The van der Waals surface area contributed by atoms with Crippen LogP contribution in [0.4, 0.5) is 5.69 Å². The van der Waals surface area contributed by atoms with Crippen molar-refractivity contribution in [3.05, 3.63) is 60.4 Å². The molecule has 0 spiro atoms. The Hall–Kier alpha value is -2.51. The summed E-state index contributed by atoms with van der Waals surface area (Å²) in [5.41, 5.74) is 1.23. The summed E-state index contributed by atoms with van der Waals surface area (Å²) >= 11 is 0. The summed E-state index contributed by atoms with van der Waals surface area (Å²) in [6, 6.07) is 11.7. The van der Waals surface area contributed by atoms with E-state index in [0.29, 0.717) is 24.5 Å². The Morgan fingerprint density at radius 3 is 2.33 bits per heavy atom. The maximum absolute atomic E-state index is 12.8. The molecule has 0 aliphatic carbocycles. The van der Waals surface area contributed by atoms with Crippen molar-refractivity contribution in [2.24, 2.45) is 0 Å². The van der Waals surface area contributed by atoms with Gasteiger partial charge in [-0.05, 0) is 55.3 Å². The fourth-order valence-electron chi connectivity index (χ4n) is 2.96. The van der Waals surface area contributed by atoms with E-state index >= 15 is 0 Å². The van der Waals surface area contributed by atoms with Crippen LogP contribution in [0.1, 0.15) is 31.4 Å². The van der Waals surface area contributed by atoms with Crippen molar-refractivity contribution in [1.82, 2.24) is 9.29 Å². The number of carbonyl (C=O) groups is 1. The number of pyridine rings is 1. The van der Waals surface area contributed by atoms with Gasteiger partial charge in [-0.3, -0.25) is 9.78 Å². The van der Waals surface area contributed by atoms with Crippen LogP contribution < -0.4 is 5.32 Å². The maximum Gasteiger partial charge on any atom is 0.248 e. The van der Waals surface area contributed by atoms with Crippen LogP contribution in [-0.4, -0.2) is 36.7 Å². The highest BCUT2D eigenvalue weighted by Crippen LogP contribution is 2.21. The average molecular weight is 385 g/mol. The predicted octanol–water partition coefficient (Wildman–Crippen LogP) is 3.30. The Balaban J connectivity index is 1.64. The molecule has 1 aromatic carbocycles. The van der Waals surface area contributed by atoms with Gasteiger partial charge in [0.15, 0.2) is 0 Å². The van der Waals surface area contributed by atoms with Crippen LogP contribution >= 0.6 is 0 Å². The zero-order valence-corrected chi connectivity index (χ0v) is 15.9. The topological polar surface area (TPSA) is 79.4 Å². The van der Waals surface area contributed by atoms with Crippen molar-refractivity contribution >= 4 is 27.7 Å². The minimum Gasteiger partial charge on any atom is -0.323 e. The molecule has 0 saturated carbocycles. The normalized spacial score (nSPS) is 16.1. The summed E-state index contributed by atoms with van der Waals surface area (Å²) < 4.78 is 27.1. The Labute approximate surface area is 160 Å². The van der Waals surface area contributed by atoms with Crippen molar-refractivity contribution < 1.29 is 13.2 Å². The van der Waals surface area contributed by atoms with Gasteiger partial charge >= 0.3 is 0 Å². The summed E-state index contributed by atoms with van der Waals surface area (Å²) in [6.07, 6.45) is 8.61. The van der Waals surface area contributed by atoms with Crippen molar-refractivity contribution in [3.63, 3.8) is 0 Å². The number of aromatic nitrogens is 1. The Kier molecular flexibility index (Phi) is 6.36. The fourth-order valence-corrected chi connectivity index (χ4v) is 4.48. The summed E-state index contributed by atoms with van der Waals surface area (Å²) in [5.74, 6) is -0.302. The quantitative estimate of drug-likeness (QED) is 0.801. The Morgan fingerprint density at radius 2 is 1.70 bits per heavy atom. The summed E-state index contributed by atoms with van der Waals surface area (Å²) in [7, 11) is -3.48. The van der Waals surface area contributed by atoms with Crippen molar-refractivity contribution in [1.29, 1.82) is 0 Å². The van der Waals surface area contributed by atoms with Gasteiger partial charge in [0.2, 0.25) is 15.9 Å². The number of rotatable bonds is 5. The van der Waals surface area contributed by atoms with Crippen LogP contribution in [0, 0.1) is 0 Å². The van der Waals surface area contributed by atoms with E-state index in [0.717, 1.165) is 25.7 Å². The molecule has 0 bridgehead atoms. The number of amides is 1. The van der Waals surface area contributed by atoms with Gasteiger partial charge in [0.25, 0.3) is 0 Å². The molecule has 0 unspecified atom stereocenters. The summed E-state index contributed by atoms with van der Waals surface area (Å²) in [6.45, 7) is 1.14. The number of benzene rings is 1.